The highest BCUT2D eigenvalue weighted by molar-refractivity contribution is 7.92. The number of hydrogen-bond donors (Lipinski definition) is 1. The average molecular weight is 431 g/mol. The van der Waals surface area contributed by atoms with Gasteiger partial charge in [0.1, 0.15) is 5.82 Å². The Morgan fingerprint density at radius 2 is 1.67 bits per heavy atom. The summed E-state index contributed by atoms with van der Waals surface area (Å²) in [6.07, 6.45) is 3.16. The molecule has 160 valence electrons. The third kappa shape index (κ3) is 4.08. The Kier molecular flexibility index (Phi) is 4.92. The van der Waals surface area contributed by atoms with Gasteiger partial charge >= 0.3 is 0 Å². The molecular formula is C23H27FN2O3S. The summed E-state index contributed by atoms with van der Waals surface area (Å²) in [4.78, 5) is 15.1. The number of carbonyl (C=O) groups excluding carboxylic acids is 1. The topological polar surface area (TPSA) is 66.5 Å². The van der Waals surface area contributed by atoms with Crippen LogP contribution in [0, 0.1) is 16.6 Å². The first kappa shape index (κ1) is 20.8. The molecule has 5 nitrogen and oxygen atoms in total. The number of fused-ring (bicyclic) bond motifs is 2. The first-order valence-electron chi connectivity index (χ1n) is 10.2. The van der Waals surface area contributed by atoms with E-state index < -0.39 is 15.8 Å². The summed E-state index contributed by atoms with van der Waals surface area (Å²) in [5.74, 6) is -0.505. The second-order valence-electron chi connectivity index (χ2n) is 9.78. The van der Waals surface area contributed by atoms with Crippen molar-refractivity contribution in [2.24, 2.45) is 10.8 Å². The number of carbonyl (C=O) groups is 1. The summed E-state index contributed by atoms with van der Waals surface area (Å²) < 4.78 is 40.4. The molecule has 0 radical (unpaired) electrons. The minimum atomic E-state index is -3.82. The molecular weight excluding hydrogens is 403 g/mol. The first-order valence-corrected chi connectivity index (χ1v) is 11.6. The highest BCUT2D eigenvalue weighted by Gasteiger charge is 2.51. The van der Waals surface area contributed by atoms with Crippen LogP contribution in [-0.4, -0.2) is 31.8 Å². The van der Waals surface area contributed by atoms with Gasteiger partial charge in [0, 0.05) is 23.8 Å². The summed E-state index contributed by atoms with van der Waals surface area (Å²) in [5, 5.41) is 0. The smallest absolute Gasteiger partial charge is 0.261 e. The van der Waals surface area contributed by atoms with Gasteiger partial charge in [-0.05, 0) is 78.6 Å². The zero-order valence-electron chi connectivity index (χ0n) is 17.5. The van der Waals surface area contributed by atoms with E-state index in [9.17, 15) is 17.6 Å². The van der Waals surface area contributed by atoms with E-state index in [1.165, 1.54) is 12.1 Å². The molecule has 1 amide bonds. The van der Waals surface area contributed by atoms with Crippen LogP contribution in [0.15, 0.2) is 53.4 Å². The highest BCUT2D eigenvalue weighted by atomic mass is 32.2. The van der Waals surface area contributed by atoms with Crippen molar-refractivity contribution in [1.29, 1.82) is 0 Å². The molecule has 1 N–H and O–H groups in total. The fraction of sp³-hybridized carbons (Fsp3) is 0.435. The van der Waals surface area contributed by atoms with Crippen molar-refractivity contribution in [3.63, 3.8) is 0 Å². The molecule has 2 aromatic carbocycles. The maximum absolute atomic E-state index is 13.1. The average Bonchev–Trinajstić information content (AvgIpc) is 2.90. The third-order valence-electron chi connectivity index (χ3n) is 6.18. The van der Waals surface area contributed by atoms with E-state index in [2.05, 4.69) is 25.5 Å². The Labute approximate surface area is 177 Å². The molecule has 2 aromatic rings. The van der Waals surface area contributed by atoms with E-state index in [1.807, 2.05) is 4.90 Å². The largest absolute Gasteiger partial charge is 0.335 e. The van der Waals surface area contributed by atoms with E-state index in [4.69, 9.17) is 0 Å². The van der Waals surface area contributed by atoms with E-state index in [0.717, 1.165) is 37.9 Å². The summed E-state index contributed by atoms with van der Waals surface area (Å²) in [6.45, 7) is 7.57. The van der Waals surface area contributed by atoms with Crippen molar-refractivity contribution in [1.82, 2.24) is 4.90 Å². The number of nitrogens with one attached hydrogen (secondary N) is 1. The van der Waals surface area contributed by atoms with E-state index in [-0.39, 0.29) is 27.7 Å². The molecule has 1 aliphatic carbocycles. The maximum Gasteiger partial charge on any atom is 0.261 e. The van der Waals surface area contributed by atoms with Crippen LogP contribution in [0.3, 0.4) is 0 Å². The molecule has 0 unspecified atom stereocenters. The van der Waals surface area contributed by atoms with Gasteiger partial charge in [0.15, 0.2) is 0 Å². The number of nitrogens with zero attached hydrogens (tertiary/aromatic N) is 1. The molecule has 0 aromatic heterocycles. The lowest BCUT2D eigenvalue weighted by Gasteiger charge is -2.39. The second-order valence-corrected chi connectivity index (χ2v) is 11.5. The first-order chi connectivity index (χ1) is 14.0. The highest BCUT2D eigenvalue weighted by Crippen LogP contribution is 2.52. The van der Waals surface area contributed by atoms with E-state index in [1.54, 1.807) is 24.3 Å². The van der Waals surface area contributed by atoms with Crippen molar-refractivity contribution >= 4 is 21.6 Å². The number of benzene rings is 2. The molecule has 30 heavy (non-hydrogen) atoms. The second kappa shape index (κ2) is 7.08. The molecule has 1 aliphatic heterocycles. The van der Waals surface area contributed by atoms with Gasteiger partial charge in [-0.3, -0.25) is 9.52 Å². The van der Waals surface area contributed by atoms with Crippen molar-refractivity contribution in [2.45, 2.75) is 51.0 Å². The van der Waals surface area contributed by atoms with Gasteiger partial charge in [-0.1, -0.05) is 20.8 Å². The van der Waals surface area contributed by atoms with E-state index >= 15 is 0 Å². The normalized spacial score (nSPS) is 25.2. The number of anilines is 1. The monoisotopic (exact) mass is 430 g/mol. The van der Waals surface area contributed by atoms with Gasteiger partial charge < -0.3 is 4.90 Å². The molecule has 1 saturated carbocycles. The van der Waals surface area contributed by atoms with Crippen LogP contribution in [0.4, 0.5) is 10.1 Å². The molecule has 1 saturated heterocycles. The molecule has 2 fully saturated rings. The molecule has 0 spiro atoms. The number of likely N-dealkylation sites (tertiary alicyclic amines) is 1. The van der Waals surface area contributed by atoms with Gasteiger partial charge in [-0.15, -0.1) is 0 Å². The number of sulfonamides is 1. The van der Waals surface area contributed by atoms with Gasteiger partial charge in [0.2, 0.25) is 0 Å². The maximum atomic E-state index is 13.1. The predicted molar refractivity (Wildman–Crippen MR) is 114 cm³/mol. The number of rotatable bonds is 4. The summed E-state index contributed by atoms with van der Waals surface area (Å²) in [5.41, 5.74) is 1.29. The van der Waals surface area contributed by atoms with Crippen LogP contribution < -0.4 is 4.72 Å². The van der Waals surface area contributed by atoms with Crippen LogP contribution in [0.25, 0.3) is 0 Å². The quantitative estimate of drug-likeness (QED) is 0.767. The zero-order valence-corrected chi connectivity index (χ0v) is 18.3. The van der Waals surface area contributed by atoms with Crippen molar-refractivity contribution in [2.75, 3.05) is 11.3 Å². The van der Waals surface area contributed by atoms with Crippen LogP contribution in [0.2, 0.25) is 0 Å². The predicted octanol–water partition coefficient (Wildman–Crippen LogP) is 4.67. The van der Waals surface area contributed by atoms with Gasteiger partial charge in [-0.25, -0.2) is 12.8 Å². The van der Waals surface area contributed by atoms with Gasteiger partial charge in [-0.2, -0.15) is 0 Å². The zero-order chi connectivity index (χ0) is 21.7. The lowest BCUT2D eigenvalue weighted by atomic mass is 9.65. The molecule has 7 heteroatoms. The molecule has 2 aliphatic rings. The van der Waals surface area contributed by atoms with Crippen LogP contribution in [0.5, 0.6) is 0 Å². The fourth-order valence-corrected chi connectivity index (χ4v) is 6.43. The lowest BCUT2D eigenvalue weighted by Crippen LogP contribution is -2.37. The summed E-state index contributed by atoms with van der Waals surface area (Å²) in [7, 11) is -3.82. The molecule has 2 atom stereocenters. The van der Waals surface area contributed by atoms with Gasteiger partial charge in [0.25, 0.3) is 15.9 Å². The fourth-order valence-electron chi connectivity index (χ4n) is 5.37. The Balaban J connectivity index is 1.49. The minimum absolute atomic E-state index is 0.00522. The standard InChI is InChI=1S/C23H27FN2O3S/c1-22(2)12-19-13-23(3,14-22)15-26(19)21(27)16-4-8-18(9-5-16)25-30(28,29)20-10-6-17(24)7-11-20/h4-11,19,25H,12-15H2,1-3H3/t19-,23-/m1/s1. The third-order valence-corrected chi connectivity index (χ3v) is 7.58. The van der Waals surface area contributed by atoms with Gasteiger partial charge in [0.05, 0.1) is 4.90 Å². The number of hydrogen-bond acceptors (Lipinski definition) is 3. The Morgan fingerprint density at radius 3 is 2.30 bits per heavy atom. The number of amides is 1. The van der Waals surface area contributed by atoms with Crippen LogP contribution in [0.1, 0.15) is 50.4 Å². The van der Waals surface area contributed by atoms with Crippen LogP contribution in [-0.2, 0) is 10.0 Å². The SMILES string of the molecule is CC1(C)C[C@@H]2C[C@@](C)(CN2C(=O)c2ccc(NS(=O)(=O)c3ccc(F)cc3)cc2)C1. The molecule has 1 heterocycles. The molecule has 2 bridgehead atoms. The summed E-state index contributed by atoms with van der Waals surface area (Å²) in [6, 6.07) is 11.4. The Bertz CT molecular complexity index is 1060. The lowest BCUT2D eigenvalue weighted by molar-refractivity contribution is 0.0708. The van der Waals surface area contributed by atoms with Crippen molar-refractivity contribution in [3.05, 3.63) is 59.9 Å². The van der Waals surface area contributed by atoms with Crippen molar-refractivity contribution in [3.8, 4) is 0 Å². The van der Waals surface area contributed by atoms with Crippen molar-refractivity contribution < 1.29 is 17.6 Å². The van der Waals surface area contributed by atoms with E-state index in [0.29, 0.717) is 11.3 Å². The molecule has 4 rings (SSSR count). The minimum Gasteiger partial charge on any atom is -0.335 e. The summed E-state index contributed by atoms with van der Waals surface area (Å²) >= 11 is 0. The van der Waals surface area contributed by atoms with Crippen LogP contribution >= 0.6 is 0 Å². The Hall–Kier alpha value is -2.41. The number of halogens is 1. The Morgan fingerprint density at radius 1 is 1.03 bits per heavy atom.